The lowest BCUT2D eigenvalue weighted by molar-refractivity contribution is 0.130. The molecular weight excluding hydrogens is 366 g/mol. The van der Waals surface area contributed by atoms with Crippen LogP contribution in [0.2, 0.25) is 5.02 Å². The average molecular weight is 386 g/mol. The van der Waals surface area contributed by atoms with E-state index in [1.54, 1.807) is 18.2 Å². The second-order valence-corrected chi connectivity index (χ2v) is 6.77. The smallest absolute Gasteiger partial charge is 0.368 e. The number of rotatable bonds is 5. The van der Waals surface area contributed by atoms with Gasteiger partial charge in [-0.3, -0.25) is 0 Å². The SMILES string of the molecule is CC(=NOCc1c(Cl)cccc1-n1nnn(C)c1=O)c1cc(C)cc(C)c1. The zero-order valence-electron chi connectivity index (χ0n) is 15.6. The van der Waals surface area contributed by atoms with Gasteiger partial charge in [-0.15, -0.1) is 0 Å². The quantitative estimate of drug-likeness (QED) is 0.499. The molecule has 2 aromatic carbocycles. The lowest BCUT2D eigenvalue weighted by Gasteiger charge is -2.10. The van der Waals surface area contributed by atoms with Crippen molar-refractivity contribution in [3.8, 4) is 5.69 Å². The van der Waals surface area contributed by atoms with Crippen LogP contribution in [0.1, 0.15) is 29.2 Å². The van der Waals surface area contributed by atoms with Crippen molar-refractivity contribution in [3.05, 3.63) is 74.2 Å². The first-order valence-electron chi connectivity index (χ1n) is 8.39. The number of aryl methyl sites for hydroxylation is 3. The van der Waals surface area contributed by atoms with Gasteiger partial charge in [0, 0.05) is 17.6 Å². The van der Waals surface area contributed by atoms with Crippen molar-refractivity contribution in [2.75, 3.05) is 0 Å². The molecule has 140 valence electrons. The normalized spacial score (nSPS) is 11.7. The first-order chi connectivity index (χ1) is 12.9. The average Bonchev–Trinajstić information content (AvgIpc) is 2.94. The first kappa shape index (κ1) is 18.8. The molecule has 0 amide bonds. The highest BCUT2D eigenvalue weighted by atomic mass is 35.5. The van der Waals surface area contributed by atoms with Gasteiger partial charge in [0.1, 0.15) is 6.61 Å². The van der Waals surface area contributed by atoms with E-state index in [0.29, 0.717) is 16.3 Å². The van der Waals surface area contributed by atoms with Gasteiger partial charge in [0.25, 0.3) is 0 Å². The molecule has 0 aliphatic rings. The summed E-state index contributed by atoms with van der Waals surface area (Å²) in [7, 11) is 1.53. The van der Waals surface area contributed by atoms with Crippen LogP contribution in [0.4, 0.5) is 0 Å². The molecule has 8 heteroatoms. The summed E-state index contributed by atoms with van der Waals surface area (Å²) in [5.41, 5.74) is 4.83. The van der Waals surface area contributed by atoms with Crippen molar-refractivity contribution in [2.45, 2.75) is 27.4 Å². The summed E-state index contributed by atoms with van der Waals surface area (Å²) in [4.78, 5) is 17.7. The molecule has 0 bridgehead atoms. The molecule has 0 fully saturated rings. The largest absolute Gasteiger partial charge is 0.391 e. The molecule has 0 saturated carbocycles. The zero-order valence-corrected chi connectivity index (χ0v) is 16.4. The summed E-state index contributed by atoms with van der Waals surface area (Å²) in [5.74, 6) is 0. The van der Waals surface area contributed by atoms with Gasteiger partial charge in [-0.05, 0) is 48.9 Å². The van der Waals surface area contributed by atoms with E-state index in [4.69, 9.17) is 16.4 Å². The maximum absolute atomic E-state index is 12.2. The third-order valence-electron chi connectivity index (χ3n) is 4.09. The van der Waals surface area contributed by atoms with E-state index < -0.39 is 0 Å². The molecule has 0 spiro atoms. The number of tetrazole rings is 1. The van der Waals surface area contributed by atoms with Gasteiger partial charge >= 0.3 is 5.69 Å². The monoisotopic (exact) mass is 385 g/mol. The number of hydrogen-bond donors (Lipinski definition) is 0. The minimum atomic E-state index is -0.367. The Morgan fingerprint density at radius 2 is 1.89 bits per heavy atom. The van der Waals surface area contributed by atoms with E-state index in [-0.39, 0.29) is 12.3 Å². The van der Waals surface area contributed by atoms with Crippen LogP contribution in [0, 0.1) is 13.8 Å². The van der Waals surface area contributed by atoms with E-state index in [9.17, 15) is 4.79 Å². The summed E-state index contributed by atoms with van der Waals surface area (Å²) in [5, 5.41) is 12.3. The molecule has 27 heavy (non-hydrogen) atoms. The fraction of sp³-hybridized carbons (Fsp3) is 0.263. The lowest BCUT2D eigenvalue weighted by Crippen LogP contribution is -2.23. The van der Waals surface area contributed by atoms with Gasteiger partial charge in [0.15, 0.2) is 0 Å². The van der Waals surface area contributed by atoms with E-state index in [1.165, 1.54) is 11.7 Å². The molecule has 3 aromatic rings. The maximum atomic E-state index is 12.2. The van der Waals surface area contributed by atoms with Crippen LogP contribution < -0.4 is 5.69 Å². The van der Waals surface area contributed by atoms with Crippen LogP contribution >= 0.6 is 11.6 Å². The second kappa shape index (κ2) is 7.75. The topological polar surface area (TPSA) is 74.3 Å². The second-order valence-electron chi connectivity index (χ2n) is 6.36. The lowest BCUT2D eigenvalue weighted by atomic mass is 10.0. The molecule has 0 atom stereocenters. The van der Waals surface area contributed by atoms with Crippen LogP contribution in [-0.4, -0.2) is 25.5 Å². The minimum absolute atomic E-state index is 0.0974. The highest BCUT2D eigenvalue weighted by Crippen LogP contribution is 2.23. The Morgan fingerprint density at radius 3 is 2.52 bits per heavy atom. The number of hydrogen-bond acceptors (Lipinski definition) is 5. The van der Waals surface area contributed by atoms with Crippen LogP contribution in [0.5, 0.6) is 0 Å². The molecule has 0 saturated heterocycles. The van der Waals surface area contributed by atoms with Crippen molar-refractivity contribution >= 4 is 17.3 Å². The highest BCUT2D eigenvalue weighted by Gasteiger charge is 2.14. The summed E-state index contributed by atoms with van der Waals surface area (Å²) in [6.45, 7) is 6.06. The molecule has 7 nitrogen and oxygen atoms in total. The summed E-state index contributed by atoms with van der Waals surface area (Å²) < 4.78 is 2.33. The third kappa shape index (κ3) is 4.09. The summed E-state index contributed by atoms with van der Waals surface area (Å²) in [6, 6.07) is 11.4. The molecule has 3 rings (SSSR count). The van der Waals surface area contributed by atoms with Crippen molar-refractivity contribution in [2.24, 2.45) is 12.2 Å². The number of halogens is 1. The Hall–Kier alpha value is -2.93. The molecule has 0 unspecified atom stereocenters. The Labute approximate surface area is 161 Å². The Balaban J connectivity index is 1.86. The van der Waals surface area contributed by atoms with Crippen LogP contribution in [-0.2, 0) is 18.5 Å². The standard InChI is InChI=1S/C19H20ClN5O2/c1-12-8-13(2)10-15(9-12)14(3)21-27-11-16-17(20)6-5-7-18(16)25-19(26)24(4)22-23-25/h5-10H,11H2,1-4H3. The Kier molecular flexibility index (Phi) is 5.41. The van der Waals surface area contributed by atoms with Gasteiger partial charge in [0.05, 0.1) is 11.4 Å². The predicted molar refractivity (Wildman–Crippen MR) is 105 cm³/mol. The number of oxime groups is 1. The van der Waals surface area contributed by atoms with Gasteiger partial charge in [-0.25, -0.2) is 4.79 Å². The predicted octanol–water partition coefficient (Wildman–Crippen LogP) is 3.18. The van der Waals surface area contributed by atoms with Crippen LogP contribution in [0.15, 0.2) is 46.3 Å². The molecular formula is C19H20ClN5O2. The third-order valence-corrected chi connectivity index (χ3v) is 4.45. The Bertz CT molecular complexity index is 1050. The maximum Gasteiger partial charge on any atom is 0.368 e. The van der Waals surface area contributed by atoms with Crippen LogP contribution in [0.3, 0.4) is 0 Å². The molecule has 0 aliphatic carbocycles. The molecule has 1 heterocycles. The number of aromatic nitrogens is 4. The van der Waals surface area contributed by atoms with Crippen molar-refractivity contribution in [1.29, 1.82) is 0 Å². The van der Waals surface area contributed by atoms with Gasteiger partial charge in [-0.1, -0.05) is 52.1 Å². The molecule has 1 aromatic heterocycles. The summed E-state index contributed by atoms with van der Waals surface area (Å²) in [6.07, 6.45) is 0. The summed E-state index contributed by atoms with van der Waals surface area (Å²) >= 11 is 6.31. The van der Waals surface area contributed by atoms with Crippen molar-refractivity contribution in [1.82, 2.24) is 19.8 Å². The fourth-order valence-corrected chi connectivity index (χ4v) is 3.01. The molecule has 0 N–H and O–H groups in total. The zero-order chi connectivity index (χ0) is 19.6. The van der Waals surface area contributed by atoms with Gasteiger partial charge in [-0.2, -0.15) is 9.36 Å². The van der Waals surface area contributed by atoms with Gasteiger partial charge < -0.3 is 4.84 Å². The first-order valence-corrected chi connectivity index (χ1v) is 8.76. The van der Waals surface area contributed by atoms with E-state index in [1.807, 2.05) is 20.8 Å². The van der Waals surface area contributed by atoms with Crippen molar-refractivity contribution in [3.63, 3.8) is 0 Å². The number of nitrogens with zero attached hydrogens (tertiary/aromatic N) is 5. The van der Waals surface area contributed by atoms with E-state index in [2.05, 4.69) is 33.8 Å². The van der Waals surface area contributed by atoms with Gasteiger partial charge in [0.2, 0.25) is 0 Å². The van der Waals surface area contributed by atoms with E-state index >= 15 is 0 Å². The molecule has 0 radical (unpaired) electrons. The fourth-order valence-electron chi connectivity index (χ4n) is 2.78. The van der Waals surface area contributed by atoms with E-state index in [0.717, 1.165) is 27.1 Å². The molecule has 0 aliphatic heterocycles. The highest BCUT2D eigenvalue weighted by molar-refractivity contribution is 6.31. The van der Waals surface area contributed by atoms with Crippen LogP contribution in [0.25, 0.3) is 5.69 Å². The Morgan fingerprint density at radius 1 is 1.19 bits per heavy atom. The number of benzene rings is 2. The minimum Gasteiger partial charge on any atom is -0.391 e. The van der Waals surface area contributed by atoms with Crippen molar-refractivity contribution < 1.29 is 4.84 Å².